The van der Waals surface area contributed by atoms with Gasteiger partial charge in [0.25, 0.3) is 10.1 Å². The molecule has 8 heteroatoms. The third-order valence-corrected chi connectivity index (χ3v) is 5.71. The molecule has 0 bridgehead atoms. The Kier molecular flexibility index (Phi) is 13.5. The summed E-state index contributed by atoms with van der Waals surface area (Å²) in [5.74, 6) is -1.84. The Bertz CT molecular complexity index is 598. The van der Waals surface area contributed by atoms with Gasteiger partial charge in [0.1, 0.15) is 0 Å². The van der Waals surface area contributed by atoms with E-state index in [4.69, 9.17) is 9.47 Å². The van der Waals surface area contributed by atoms with E-state index >= 15 is 0 Å². The Balaban J connectivity index is 4.76. The second kappa shape index (κ2) is 14.3. The van der Waals surface area contributed by atoms with Crippen LogP contribution in [0.25, 0.3) is 0 Å². The van der Waals surface area contributed by atoms with E-state index < -0.39 is 33.7 Å². The summed E-state index contributed by atoms with van der Waals surface area (Å²) in [6.45, 7) is 11.3. The summed E-state index contributed by atoms with van der Waals surface area (Å²) in [7, 11) is -4.79. The van der Waals surface area contributed by atoms with Crippen molar-refractivity contribution in [1.82, 2.24) is 0 Å². The second-order valence-corrected chi connectivity index (χ2v) is 8.40. The standard InChI is InChI=1S/C20H34O7S/c1-5-9-11-16(7-3)14-26-19(21)13-18(28(23,24)25)20(22)27-15-17(8-4)12-10-6-2/h5-6,16-18H,1-2,7-15H2,3-4H3,(H,23,24,25)/t16-,17+,18?/m1/s1. The molecule has 0 aliphatic carbocycles. The van der Waals surface area contributed by atoms with Crippen LogP contribution in [0, 0.1) is 11.8 Å². The zero-order valence-electron chi connectivity index (χ0n) is 17.0. The lowest BCUT2D eigenvalue weighted by atomic mass is 10.0. The molecule has 0 rings (SSSR count). The Morgan fingerprint density at radius 2 is 1.43 bits per heavy atom. The van der Waals surface area contributed by atoms with Gasteiger partial charge in [-0.3, -0.25) is 14.1 Å². The lowest BCUT2D eigenvalue weighted by Gasteiger charge is -2.18. The fraction of sp³-hybridized carbons (Fsp3) is 0.700. The number of rotatable bonds is 16. The summed E-state index contributed by atoms with van der Waals surface area (Å²) < 4.78 is 42.6. The van der Waals surface area contributed by atoms with Crippen LogP contribution in [0.4, 0.5) is 0 Å². The molecule has 0 aliphatic heterocycles. The highest BCUT2D eigenvalue weighted by Crippen LogP contribution is 2.16. The number of allylic oxidation sites excluding steroid dienone is 2. The molecule has 162 valence electrons. The van der Waals surface area contributed by atoms with E-state index in [0.717, 1.165) is 38.5 Å². The molecule has 0 saturated carbocycles. The molecule has 7 nitrogen and oxygen atoms in total. The van der Waals surface area contributed by atoms with Crippen molar-refractivity contribution in [2.45, 2.75) is 64.0 Å². The minimum Gasteiger partial charge on any atom is -0.465 e. The van der Waals surface area contributed by atoms with Gasteiger partial charge >= 0.3 is 11.9 Å². The van der Waals surface area contributed by atoms with Crippen LogP contribution in [-0.4, -0.2) is 43.4 Å². The third kappa shape index (κ3) is 11.2. The topological polar surface area (TPSA) is 107 Å². The van der Waals surface area contributed by atoms with Crippen molar-refractivity contribution in [2.75, 3.05) is 13.2 Å². The molecule has 0 fully saturated rings. The number of hydrogen-bond acceptors (Lipinski definition) is 6. The minimum absolute atomic E-state index is 0.0176. The zero-order chi connectivity index (χ0) is 21.6. The maximum atomic E-state index is 12.2. The van der Waals surface area contributed by atoms with Crippen molar-refractivity contribution in [3.05, 3.63) is 25.3 Å². The molecule has 0 saturated heterocycles. The van der Waals surface area contributed by atoms with Gasteiger partial charge in [0.05, 0.1) is 19.6 Å². The van der Waals surface area contributed by atoms with Gasteiger partial charge in [0.2, 0.25) is 0 Å². The van der Waals surface area contributed by atoms with Crippen LogP contribution in [0.1, 0.15) is 58.8 Å². The average molecular weight is 419 g/mol. The van der Waals surface area contributed by atoms with Gasteiger partial charge < -0.3 is 9.47 Å². The fourth-order valence-electron chi connectivity index (χ4n) is 2.54. The summed E-state index contributed by atoms with van der Waals surface area (Å²) in [5, 5.41) is -1.98. The lowest BCUT2D eigenvalue weighted by molar-refractivity contribution is -0.151. The summed E-state index contributed by atoms with van der Waals surface area (Å²) in [4.78, 5) is 24.2. The van der Waals surface area contributed by atoms with Crippen LogP contribution >= 0.6 is 0 Å². The summed E-state index contributed by atoms with van der Waals surface area (Å²) in [6.07, 6.45) is 7.33. The highest BCUT2D eigenvalue weighted by molar-refractivity contribution is 7.87. The van der Waals surface area contributed by atoms with Gasteiger partial charge in [0.15, 0.2) is 5.25 Å². The Labute approximate surface area is 168 Å². The van der Waals surface area contributed by atoms with Crippen LogP contribution in [0.15, 0.2) is 25.3 Å². The van der Waals surface area contributed by atoms with Crippen molar-refractivity contribution in [3.63, 3.8) is 0 Å². The van der Waals surface area contributed by atoms with E-state index in [0.29, 0.717) is 0 Å². The van der Waals surface area contributed by atoms with Gasteiger partial charge in [-0.15, -0.1) is 13.2 Å². The number of hydrogen-bond donors (Lipinski definition) is 1. The predicted octanol–water partition coefficient (Wildman–Crippen LogP) is 3.70. The van der Waals surface area contributed by atoms with Crippen LogP contribution < -0.4 is 0 Å². The normalized spacial score (nSPS) is 14.5. The van der Waals surface area contributed by atoms with Crippen LogP contribution in [0.2, 0.25) is 0 Å². The van der Waals surface area contributed by atoms with E-state index in [1.165, 1.54) is 0 Å². The van der Waals surface area contributed by atoms with E-state index in [9.17, 15) is 22.6 Å². The quantitative estimate of drug-likeness (QED) is 0.231. The van der Waals surface area contributed by atoms with Crippen molar-refractivity contribution in [3.8, 4) is 0 Å². The molecule has 1 N–H and O–H groups in total. The predicted molar refractivity (Wildman–Crippen MR) is 108 cm³/mol. The SMILES string of the molecule is C=CCC[C@@H](CC)COC(=O)CC(C(=O)OC[C@@H](CC)CCC=C)S(=O)(=O)O. The largest absolute Gasteiger partial charge is 0.465 e. The maximum Gasteiger partial charge on any atom is 0.327 e. The first-order chi connectivity index (χ1) is 13.2. The molecule has 28 heavy (non-hydrogen) atoms. The molecule has 0 heterocycles. The van der Waals surface area contributed by atoms with Crippen LogP contribution in [-0.2, 0) is 29.2 Å². The molecular weight excluding hydrogens is 384 g/mol. The Morgan fingerprint density at radius 1 is 0.964 bits per heavy atom. The molecule has 0 amide bonds. The zero-order valence-corrected chi connectivity index (χ0v) is 17.8. The average Bonchev–Trinajstić information content (AvgIpc) is 2.65. The molecule has 0 aromatic heterocycles. The van der Waals surface area contributed by atoms with Crippen LogP contribution in [0.5, 0.6) is 0 Å². The van der Waals surface area contributed by atoms with Crippen molar-refractivity contribution >= 4 is 22.1 Å². The highest BCUT2D eigenvalue weighted by Gasteiger charge is 2.36. The monoisotopic (exact) mass is 418 g/mol. The van der Waals surface area contributed by atoms with Crippen molar-refractivity contribution < 1.29 is 32.0 Å². The molecule has 0 spiro atoms. The molecule has 0 aromatic carbocycles. The first-order valence-corrected chi connectivity index (χ1v) is 11.2. The van der Waals surface area contributed by atoms with Crippen molar-refractivity contribution in [2.24, 2.45) is 11.8 Å². The number of carbonyl (C=O) groups is 2. The van der Waals surface area contributed by atoms with Crippen molar-refractivity contribution in [1.29, 1.82) is 0 Å². The van der Waals surface area contributed by atoms with Gasteiger partial charge in [-0.1, -0.05) is 38.8 Å². The van der Waals surface area contributed by atoms with Gasteiger partial charge in [-0.05, 0) is 37.5 Å². The Hall–Kier alpha value is -1.67. The number of esters is 2. The fourth-order valence-corrected chi connectivity index (χ4v) is 3.20. The van der Waals surface area contributed by atoms with Gasteiger partial charge in [-0.2, -0.15) is 8.42 Å². The van der Waals surface area contributed by atoms with E-state index in [2.05, 4.69) is 13.2 Å². The van der Waals surface area contributed by atoms with E-state index in [-0.39, 0.29) is 25.0 Å². The molecule has 0 aliphatic rings. The molecule has 0 radical (unpaired) electrons. The van der Waals surface area contributed by atoms with E-state index in [1.54, 1.807) is 12.2 Å². The van der Waals surface area contributed by atoms with Crippen LogP contribution in [0.3, 0.4) is 0 Å². The summed E-state index contributed by atoms with van der Waals surface area (Å²) in [5.41, 5.74) is 0. The first-order valence-electron chi connectivity index (χ1n) is 9.69. The second-order valence-electron chi connectivity index (χ2n) is 6.80. The first kappa shape index (κ1) is 26.3. The summed E-state index contributed by atoms with van der Waals surface area (Å²) >= 11 is 0. The molecule has 0 aromatic rings. The lowest BCUT2D eigenvalue weighted by Crippen LogP contribution is -2.35. The smallest absolute Gasteiger partial charge is 0.327 e. The number of carbonyl (C=O) groups excluding carboxylic acids is 2. The minimum atomic E-state index is -4.79. The van der Waals surface area contributed by atoms with E-state index in [1.807, 2.05) is 13.8 Å². The number of ether oxygens (including phenoxy) is 2. The van der Waals surface area contributed by atoms with Gasteiger partial charge in [-0.25, -0.2) is 0 Å². The van der Waals surface area contributed by atoms with Gasteiger partial charge in [0, 0.05) is 0 Å². The Morgan fingerprint density at radius 3 is 1.82 bits per heavy atom. The highest BCUT2D eigenvalue weighted by atomic mass is 32.2. The summed E-state index contributed by atoms with van der Waals surface area (Å²) in [6, 6.07) is 0. The molecule has 1 unspecified atom stereocenters. The maximum absolute atomic E-state index is 12.2. The molecular formula is C20H34O7S. The molecule has 3 atom stereocenters. The third-order valence-electron chi connectivity index (χ3n) is 4.63.